The van der Waals surface area contributed by atoms with E-state index in [-0.39, 0.29) is 0 Å². The molecule has 12 nitrogen and oxygen atoms in total. The highest BCUT2D eigenvalue weighted by molar-refractivity contribution is 6.17. The number of rotatable bonds is 16. The number of nitrogens with zero attached hydrogens (tertiary/aromatic N) is 12. The summed E-state index contributed by atoms with van der Waals surface area (Å²) in [4.78, 5) is 60.1. The van der Waals surface area contributed by atoms with E-state index in [1.54, 1.807) is 0 Å². The van der Waals surface area contributed by atoms with Gasteiger partial charge in [0, 0.05) is 66.8 Å². The van der Waals surface area contributed by atoms with Crippen LogP contribution in [0.1, 0.15) is 22.3 Å². The molecule has 0 fully saturated rings. The van der Waals surface area contributed by atoms with Gasteiger partial charge in [-0.2, -0.15) is 0 Å². The number of hydrogen-bond donors (Lipinski definition) is 0. The van der Waals surface area contributed by atoms with E-state index in [9.17, 15) is 0 Å². The topological polar surface area (TPSA) is 155 Å². The summed E-state index contributed by atoms with van der Waals surface area (Å²) < 4.78 is 0. The molecule has 4 heterocycles. The maximum Gasteiger partial charge on any atom is 0.164 e. The van der Waals surface area contributed by atoms with Gasteiger partial charge < -0.3 is 0 Å². The number of aromatic nitrogens is 12. The minimum Gasteiger partial charge on any atom is -0.208 e. The highest BCUT2D eigenvalue weighted by Gasteiger charge is 2.22. The third-order valence-corrected chi connectivity index (χ3v) is 23.6. The molecule has 0 N–H and O–H groups in total. The lowest BCUT2D eigenvalue weighted by atomic mass is 9.91. The number of fused-ring (bicyclic) bond motifs is 6. The molecule has 22 rings (SSSR count). The molecule has 604 valence electrons. The molecule has 0 saturated carbocycles. The van der Waals surface area contributed by atoms with Crippen LogP contribution < -0.4 is 0 Å². The summed E-state index contributed by atoms with van der Waals surface area (Å²) in [5.74, 6) is 7.68. The molecule has 0 atom stereocenters. The molecule has 18 aromatic carbocycles. The molecular weight excluding hydrogens is 1560 g/mol. The van der Waals surface area contributed by atoms with Gasteiger partial charge in [0.05, 0.1) is 0 Å². The Morgan fingerprint density at radius 1 is 0.117 bits per heavy atom. The summed E-state index contributed by atoms with van der Waals surface area (Å²) in [6, 6.07) is 143. The van der Waals surface area contributed by atoms with Crippen molar-refractivity contribution in [3.63, 3.8) is 0 Å². The molecule has 22 aromatic rings. The van der Waals surface area contributed by atoms with E-state index < -0.39 is 0 Å². The van der Waals surface area contributed by atoms with Gasteiger partial charge in [-0.3, -0.25) is 0 Å². The Labute approximate surface area is 741 Å². The molecule has 0 spiro atoms. The van der Waals surface area contributed by atoms with Crippen LogP contribution in [0.15, 0.2) is 413 Å². The Bertz CT molecular complexity index is 7500. The van der Waals surface area contributed by atoms with Crippen molar-refractivity contribution < 1.29 is 0 Å². The van der Waals surface area contributed by atoms with Crippen LogP contribution in [0.2, 0.25) is 0 Å². The Morgan fingerprint density at radius 3 is 0.539 bits per heavy atom. The molecule has 12 heteroatoms. The average molecular weight is 1640 g/mol. The van der Waals surface area contributed by atoms with Gasteiger partial charge in [-0.25, -0.2) is 59.8 Å². The lowest BCUT2D eigenvalue weighted by molar-refractivity contribution is 1.07. The third-order valence-electron chi connectivity index (χ3n) is 23.6. The highest BCUT2D eigenvalue weighted by Crippen LogP contribution is 2.43. The van der Waals surface area contributed by atoms with Crippen molar-refractivity contribution in [3.8, 4) is 181 Å². The highest BCUT2D eigenvalue weighted by atomic mass is 15.1. The lowest BCUT2D eigenvalue weighted by Gasteiger charge is -2.14. The van der Waals surface area contributed by atoms with Crippen LogP contribution in [0.3, 0.4) is 0 Å². The second-order valence-electron chi connectivity index (χ2n) is 32.1. The number of aryl methyl sites for hydroxylation is 4. The maximum atomic E-state index is 5.07. The molecule has 0 aliphatic carbocycles. The molecule has 0 aliphatic heterocycles. The normalized spacial score (nSPS) is 11.3. The van der Waals surface area contributed by atoms with Crippen molar-refractivity contribution in [1.29, 1.82) is 0 Å². The molecule has 0 radical (unpaired) electrons. The average Bonchev–Trinajstić information content (AvgIpc) is 0.753. The largest absolute Gasteiger partial charge is 0.208 e. The molecule has 4 aromatic heterocycles. The minimum atomic E-state index is 0.628. The van der Waals surface area contributed by atoms with Crippen LogP contribution in [0.4, 0.5) is 0 Å². The Morgan fingerprint density at radius 2 is 0.297 bits per heavy atom. The summed E-state index contributed by atoms with van der Waals surface area (Å²) >= 11 is 0. The number of benzene rings is 18. The van der Waals surface area contributed by atoms with Crippen LogP contribution in [0, 0.1) is 27.7 Å². The van der Waals surface area contributed by atoms with Gasteiger partial charge in [0.15, 0.2) is 69.9 Å². The summed E-state index contributed by atoms with van der Waals surface area (Å²) in [5, 5.41) is 9.39. The van der Waals surface area contributed by atoms with Crippen LogP contribution in [0.5, 0.6) is 0 Å². The molecule has 128 heavy (non-hydrogen) atoms. The SMILES string of the molecule is Cc1ccc(-c2nc(-c3ccccc3)nc(-c3cccc(-c4cccc5c4ccc4c(-c6cccc(-c7nc(-c8ccccc8)nc(-c8ccc(C)cc8)n7)c6)cccc45)c3)n2)cc1.Cc1ccccc1-c1nc(-c2ccccc2)nc(-c2cccc(-c3cccc4c3ccc3c(-c5cccc(-c6nc(-c7ccccc7)nc(-c7ccccc7C)n6)c5)cccc34)c2)n1. The molecule has 0 aliphatic rings. The van der Waals surface area contributed by atoms with E-state index in [4.69, 9.17) is 59.8 Å². The summed E-state index contributed by atoms with van der Waals surface area (Å²) in [6.45, 7) is 8.35. The van der Waals surface area contributed by atoms with Crippen LogP contribution in [-0.2, 0) is 0 Å². The fraction of sp³-hybridized carbons (Fsp3) is 0.0345. The molecule has 0 bridgehead atoms. The molecule has 0 saturated heterocycles. The second kappa shape index (κ2) is 34.4. The van der Waals surface area contributed by atoms with Gasteiger partial charge in [0.2, 0.25) is 0 Å². The first-order valence-corrected chi connectivity index (χ1v) is 42.9. The van der Waals surface area contributed by atoms with Gasteiger partial charge >= 0.3 is 0 Å². The van der Waals surface area contributed by atoms with Gasteiger partial charge in [-0.05, 0) is 151 Å². The molecule has 0 amide bonds. The monoisotopic (exact) mass is 1640 g/mol. The Kier molecular flexibility index (Phi) is 21.0. The molecular formula is C116H80N12. The first kappa shape index (κ1) is 78.3. The fourth-order valence-corrected chi connectivity index (χ4v) is 17.0. The van der Waals surface area contributed by atoms with E-state index in [1.165, 1.54) is 54.2 Å². The van der Waals surface area contributed by atoms with Crippen molar-refractivity contribution in [2.75, 3.05) is 0 Å². The van der Waals surface area contributed by atoms with Crippen LogP contribution >= 0.6 is 0 Å². The van der Waals surface area contributed by atoms with E-state index in [1.807, 2.05) is 146 Å². The van der Waals surface area contributed by atoms with Gasteiger partial charge in [-0.1, -0.05) is 399 Å². The van der Waals surface area contributed by atoms with E-state index in [0.29, 0.717) is 69.9 Å². The fourth-order valence-electron chi connectivity index (χ4n) is 17.0. The van der Waals surface area contributed by atoms with E-state index >= 15 is 0 Å². The van der Waals surface area contributed by atoms with Crippen molar-refractivity contribution in [3.05, 3.63) is 435 Å². The zero-order valence-electron chi connectivity index (χ0n) is 70.6. The molecule has 0 unspecified atom stereocenters. The van der Waals surface area contributed by atoms with Crippen molar-refractivity contribution in [1.82, 2.24) is 59.8 Å². The number of hydrogen-bond acceptors (Lipinski definition) is 12. The van der Waals surface area contributed by atoms with E-state index in [0.717, 1.165) is 122 Å². The zero-order chi connectivity index (χ0) is 86.0. The lowest BCUT2D eigenvalue weighted by Crippen LogP contribution is -2.01. The van der Waals surface area contributed by atoms with E-state index in [2.05, 4.69) is 295 Å². The van der Waals surface area contributed by atoms with Crippen molar-refractivity contribution in [2.24, 2.45) is 0 Å². The first-order chi connectivity index (χ1) is 63.0. The Hall–Kier alpha value is -17.0. The van der Waals surface area contributed by atoms with Gasteiger partial charge in [0.1, 0.15) is 0 Å². The minimum absolute atomic E-state index is 0.628. The zero-order valence-corrected chi connectivity index (χ0v) is 70.6. The summed E-state index contributed by atoms with van der Waals surface area (Å²) in [5.41, 5.74) is 24.8. The van der Waals surface area contributed by atoms with Gasteiger partial charge in [0.25, 0.3) is 0 Å². The third kappa shape index (κ3) is 15.9. The predicted octanol–water partition coefficient (Wildman–Crippen LogP) is 28.6. The van der Waals surface area contributed by atoms with Crippen LogP contribution in [-0.4, -0.2) is 59.8 Å². The van der Waals surface area contributed by atoms with Crippen molar-refractivity contribution >= 4 is 43.1 Å². The second-order valence-corrected chi connectivity index (χ2v) is 32.1. The maximum absolute atomic E-state index is 5.07. The summed E-state index contributed by atoms with van der Waals surface area (Å²) in [6.07, 6.45) is 0. The van der Waals surface area contributed by atoms with Crippen molar-refractivity contribution in [2.45, 2.75) is 27.7 Å². The van der Waals surface area contributed by atoms with Gasteiger partial charge in [-0.15, -0.1) is 0 Å². The predicted molar refractivity (Wildman–Crippen MR) is 522 cm³/mol. The standard InChI is InChI=1S/2C58H40N6/c1-37-25-29-41(30-26-37)55-59-53(39-13-5-3-6-14-39)61-57(63-55)45-19-9-17-43(35-45)47-21-11-23-49-50-24-12-22-48(52(50)34-33-51(47)49)44-18-10-20-46(36-44)58-62-54(40-15-7-4-8-16-40)60-56(64-58)42-31-27-38(2)28-32-42;1-37-17-9-11-27-45(37)57-61-53(39-19-5-3-6-20-39)59-55(63-57)43-25-13-23-41(35-43)47-29-15-31-49-50-32-16-30-48(52(50)34-33-51(47)49)42-24-14-26-44(36-42)56-60-54(40-21-7-4-8-22-40)62-58(64-56)46-28-12-10-18-38(46)2/h2*3-36H,1-2H3. The summed E-state index contributed by atoms with van der Waals surface area (Å²) in [7, 11) is 0. The smallest absolute Gasteiger partial charge is 0.164 e. The quantitative estimate of drug-likeness (QED) is 0.0846. The van der Waals surface area contributed by atoms with Crippen LogP contribution in [0.25, 0.3) is 224 Å². The Balaban J connectivity index is 0.000000156. The first-order valence-electron chi connectivity index (χ1n) is 42.9.